The first-order valence-electron chi connectivity index (χ1n) is 8.01. The van der Waals surface area contributed by atoms with E-state index >= 15 is 0 Å². The number of ether oxygens (including phenoxy) is 1. The van der Waals surface area contributed by atoms with Gasteiger partial charge in [-0.05, 0) is 72.9 Å². The van der Waals surface area contributed by atoms with Crippen LogP contribution in [0.15, 0.2) is 0 Å². The maximum absolute atomic E-state index is 12.2. The van der Waals surface area contributed by atoms with Crippen LogP contribution in [-0.2, 0) is 9.53 Å². The Labute approximate surface area is 124 Å². The molecule has 0 amide bonds. The SMILES string of the molecule is CCOC(=O)C(C)(CCCN(C)CC1CC1)NC(C)C. The van der Waals surface area contributed by atoms with E-state index in [1.165, 1.54) is 19.4 Å². The maximum Gasteiger partial charge on any atom is 0.326 e. The van der Waals surface area contributed by atoms with Crippen molar-refractivity contribution >= 4 is 5.97 Å². The fourth-order valence-corrected chi connectivity index (χ4v) is 2.70. The minimum absolute atomic E-state index is 0.126. The van der Waals surface area contributed by atoms with E-state index in [0.717, 1.165) is 25.3 Å². The van der Waals surface area contributed by atoms with Gasteiger partial charge in [-0.2, -0.15) is 0 Å². The average Bonchev–Trinajstić information content (AvgIpc) is 3.12. The normalized spacial score (nSPS) is 18.4. The molecule has 0 spiro atoms. The summed E-state index contributed by atoms with van der Waals surface area (Å²) in [4.78, 5) is 14.6. The second-order valence-corrected chi connectivity index (χ2v) is 6.66. The van der Waals surface area contributed by atoms with Crippen LogP contribution in [-0.4, -0.2) is 49.2 Å². The van der Waals surface area contributed by atoms with Crippen LogP contribution in [0.25, 0.3) is 0 Å². The molecule has 0 heterocycles. The Hall–Kier alpha value is -0.610. The van der Waals surface area contributed by atoms with Crippen molar-refractivity contribution < 1.29 is 9.53 Å². The molecule has 1 aliphatic rings. The van der Waals surface area contributed by atoms with Gasteiger partial charge in [0.1, 0.15) is 5.54 Å². The zero-order valence-corrected chi connectivity index (χ0v) is 13.9. The van der Waals surface area contributed by atoms with Gasteiger partial charge in [0.15, 0.2) is 0 Å². The molecule has 4 nitrogen and oxygen atoms in total. The lowest BCUT2D eigenvalue weighted by molar-refractivity contribution is -0.151. The molecule has 0 aliphatic heterocycles. The topological polar surface area (TPSA) is 41.6 Å². The molecule has 4 heteroatoms. The van der Waals surface area contributed by atoms with Gasteiger partial charge in [0, 0.05) is 12.6 Å². The Morgan fingerprint density at radius 3 is 2.60 bits per heavy atom. The molecule has 1 atom stereocenters. The van der Waals surface area contributed by atoms with Crippen molar-refractivity contribution in [2.45, 2.75) is 65.0 Å². The van der Waals surface area contributed by atoms with Crippen molar-refractivity contribution in [3.8, 4) is 0 Å². The van der Waals surface area contributed by atoms with Gasteiger partial charge < -0.3 is 9.64 Å². The summed E-state index contributed by atoms with van der Waals surface area (Å²) >= 11 is 0. The number of hydrogen-bond acceptors (Lipinski definition) is 4. The predicted octanol–water partition coefficient (Wildman–Crippen LogP) is 2.43. The van der Waals surface area contributed by atoms with Crippen LogP contribution in [0.4, 0.5) is 0 Å². The van der Waals surface area contributed by atoms with Crippen LogP contribution in [0.5, 0.6) is 0 Å². The van der Waals surface area contributed by atoms with Crippen molar-refractivity contribution in [2.24, 2.45) is 5.92 Å². The molecule has 1 N–H and O–H groups in total. The van der Waals surface area contributed by atoms with Crippen LogP contribution in [0.2, 0.25) is 0 Å². The number of hydrogen-bond donors (Lipinski definition) is 1. The predicted molar refractivity (Wildman–Crippen MR) is 82.8 cm³/mol. The molecule has 1 unspecified atom stereocenters. The van der Waals surface area contributed by atoms with E-state index in [1.807, 2.05) is 13.8 Å². The largest absolute Gasteiger partial charge is 0.465 e. The molecule has 1 aliphatic carbocycles. The summed E-state index contributed by atoms with van der Waals surface area (Å²) < 4.78 is 5.22. The summed E-state index contributed by atoms with van der Waals surface area (Å²) in [6, 6.07) is 0.272. The van der Waals surface area contributed by atoms with Gasteiger partial charge in [0.2, 0.25) is 0 Å². The highest BCUT2D eigenvalue weighted by Gasteiger charge is 2.34. The van der Waals surface area contributed by atoms with Gasteiger partial charge in [0.25, 0.3) is 0 Å². The van der Waals surface area contributed by atoms with Gasteiger partial charge in [-0.15, -0.1) is 0 Å². The number of nitrogens with one attached hydrogen (secondary N) is 1. The summed E-state index contributed by atoms with van der Waals surface area (Å²) in [6.45, 7) is 10.6. The minimum atomic E-state index is -0.565. The van der Waals surface area contributed by atoms with Gasteiger partial charge >= 0.3 is 5.97 Å². The second-order valence-electron chi connectivity index (χ2n) is 6.66. The minimum Gasteiger partial charge on any atom is -0.465 e. The van der Waals surface area contributed by atoms with Crippen molar-refractivity contribution in [3.05, 3.63) is 0 Å². The van der Waals surface area contributed by atoms with Crippen LogP contribution in [0, 0.1) is 5.92 Å². The molecule has 0 aromatic heterocycles. The first kappa shape index (κ1) is 17.4. The molecule has 1 rings (SSSR count). The van der Waals surface area contributed by atoms with E-state index in [4.69, 9.17) is 4.74 Å². The Morgan fingerprint density at radius 2 is 2.10 bits per heavy atom. The quantitative estimate of drug-likeness (QED) is 0.626. The lowest BCUT2D eigenvalue weighted by atomic mass is 9.94. The Bertz CT molecular complexity index is 303. The first-order chi connectivity index (χ1) is 9.37. The van der Waals surface area contributed by atoms with E-state index < -0.39 is 5.54 Å². The molecule has 0 aromatic carbocycles. The molecular weight excluding hydrogens is 252 g/mol. The monoisotopic (exact) mass is 284 g/mol. The third-order valence-electron chi connectivity index (χ3n) is 3.82. The lowest BCUT2D eigenvalue weighted by Crippen LogP contribution is -2.53. The molecular formula is C16H32N2O2. The fraction of sp³-hybridized carbons (Fsp3) is 0.938. The molecule has 0 radical (unpaired) electrons. The lowest BCUT2D eigenvalue weighted by Gasteiger charge is -2.31. The summed E-state index contributed by atoms with van der Waals surface area (Å²) in [6.07, 6.45) is 4.61. The summed E-state index contributed by atoms with van der Waals surface area (Å²) in [5, 5.41) is 3.37. The number of nitrogens with zero attached hydrogens (tertiary/aromatic N) is 1. The Balaban J connectivity index is 2.40. The van der Waals surface area contributed by atoms with Gasteiger partial charge in [-0.1, -0.05) is 0 Å². The van der Waals surface area contributed by atoms with Crippen LogP contribution in [0.3, 0.4) is 0 Å². The third kappa shape index (κ3) is 6.23. The van der Waals surface area contributed by atoms with Crippen molar-refractivity contribution in [1.29, 1.82) is 0 Å². The van der Waals surface area contributed by atoms with Gasteiger partial charge in [-0.25, -0.2) is 0 Å². The number of carbonyl (C=O) groups is 1. The van der Waals surface area contributed by atoms with Gasteiger partial charge in [0.05, 0.1) is 6.61 Å². The molecule has 0 aromatic rings. The Kier molecular flexibility index (Phi) is 6.96. The Morgan fingerprint density at radius 1 is 1.45 bits per heavy atom. The standard InChI is InChI=1S/C16H32N2O2/c1-6-20-15(19)16(4,17-13(2)3)10-7-11-18(5)12-14-8-9-14/h13-14,17H,6-12H2,1-5H3. The fourth-order valence-electron chi connectivity index (χ4n) is 2.70. The van der Waals surface area contributed by atoms with Gasteiger partial charge in [-0.3, -0.25) is 10.1 Å². The van der Waals surface area contributed by atoms with E-state index in [-0.39, 0.29) is 12.0 Å². The summed E-state index contributed by atoms with van der Waals surface area (Å²) in [5.41, 5.74) is -0.565. The highest BCUT2D eigenvalue weighted by molar-refractivity contribution is 5.80. The molecule has 20 heavy (non-hydrogen) atoms. The number of rotatable bonds is 10. The van der Waals surface area contributed by atoms with E-state index in [0.29, 0.717) is 6.61 Å². The highest BCUT2D eigenvalue weighted by Crippen LogP contribution is 2.29. The van der Waals surface area contributed by atoms with Crippen LogP contribution in [0.1, 0.15) is 53.4 Å². The number of carbonyl (C=O) groups excluding carboxylic acids is 1. The van der Waals surface area contributed by atoms with Crippen molar-refractivity contribution in [1.82, 2.24) is 10.2 Å². The first-order valence-corrected chi connectivity index (χ1v) is 8.01. The number of esters is 1. The van der Waals surface area contributed by atoms with E-state index in [1.54, 1.807) is 0 Å². The van der Waals surface area contributed by atoms with Crippen molar-refractivity contribution in [2.75, 3.05) is 26.7 Å². The summed E-state index contributed by atoms with van der Waals surface area (Å²) in [7, 11) is 2.18. The van der Waals surface area contributed by atoms with Crippen LogP contribution < -0.4 is 5.32 Å². The molecule has 0 saturated heterocycles. The average molecular weight is 284 g/mol. The molecule has 1 fully saturated rings. The van der Waals surface area contributed by atoms with E-state index in [9.17, 15) is 4.79 Å². The summed E-state index contributed by atoms with van der Waals surface area (Å²) in [5.74, 6) is 0.795. The molecule has 0 bridgehead atoms. The molecule has 118 valence electrons. The third-order valence-corrected chi connectivity index (χ3v) is 3.82. The zero-order valence-electron chi connectivity index (χ0n) is 13.9. The maximum atomic E-state index is 12.2. The smallest absolute Gasteiger partial charge is 0.326 e. The zero-order chi connectivity index (χ0) is 15.2. The van der Waals surface area contributed by atoms with Crippen molar-refractivity contribution in [3.63, 3.8) is 0 Å². The highest BCUT2D eigenvalue weighted by atomic mass is 16.5. The van der Waals surface area contributed by atoms with E-state index in [2.05, 4.69) is 31.1 Å². The van der Waals surface area contributed by atoms with Crippen LogP contribution >= 0.6 is 0 Å². The second kappa shape index (κ2) is 7.99. The molecule has 1 saturated carbocycles.